The molecular weight excluding hydrogens is 339 g/mol. The fourth-order valence-corrected chi connectivity index (χ4v) is 4.10. The highest BCUT2D eigenvalue weighted by Crippen LogP contribution is 2.28. The quantitative estimate of drug-likeness (QED) is 0.383. The van der Waals surface area contributed by atoms with Crippen molar-refractivity contribution in [2.45, 2.75) is 0 Å². The second kappa shape index (κ2) is 6.36. The second-order valence-corrected chi connectivity index (χ2v) is 7.44. The summed E-state index contributed by atoms with van der Waals surface area (Å²) in [5.74, 6) is 1.35. The Morgan fingerprint density at radius 3 is 2.31 bits per heavy atom. The molecule has 1 atom stereocenters. The number of fused-ring (bicyclic) bond motifs is 10. The molecule has 0 aliphatic carbocycles. The van der Waals surface area contributed by atoms with Crippen molar-refractivity contribution in [3.63, 3.8) is 0 Å². The summed E-state index contributed by atoms with van der Waals surface area (Å²) in [6, 6.07) is 28.6. The molecule has 0 radical (unpaired) electrons. The maximum atomic E-state index is 6.01. The first-order valence-corrected chi connectivity index (χ1v) is 9.43. The van der Waals surface area contributed by atoms with Gasteiger partial charge in [0.05, 0.1) is 16.8 Å². The summed E-state index contributed by atoms with van der Waals surface area (Å²) >= 11 is 0. The van der Waals surface area contributed by atoms with Crippen LogP contribution in [0.1, 0.15) is 0 Å². The van der Waals surface area contributed by atoms with Crippen molar-refractivity contribution in [1.82, 2.24) is 9.97 Å². The molecule has 2 aromatic heterocycles. The van der Waals surface area contributed by atoms with Crippen LogP contribution in [0.5, 0.6) is 11.6 Å². The highest BCUT2D eigenvalue weighted by atomic mass is 31.1. The van der Waals surface area contributed by atoms with Gasteiger partial charge in [0.1, 0.15) is 5.75 Å². The number of nitrogens with zero attached hydrogens (tertiary/aromatic N) is 2. The van der Waals surface area contributed by atoms with Crippen molar-refractivity contribution in [1.29, 1.82) is 0 Å². The van der Waals surface area contributed by atoms with Gasteiger partial charge in [-0.1, -0.05) is 42.5 Å². The standard InChI is InChI=1S/C22H15N2OP/c1-5-15-13-17(7-1)25-21-11-3-9-19(23-21)20-10-4-12-22(24-20)26-18-8-2-6-16(15)14-18/h1-14,26H. The molecule has 0 saturated carbocycles. The van der Waals surface area contributed by atoms with E-state index in [1.807, 2.05) is 42.5 Å². The number of ether oxygens (including phenoxy) is 1. The molecule has 0 fully saturated rings. The van der Waals surface area contributed by atoms with E-state index in [2.05, 4.69) is 47.4 Å². The van der Waals surface area contributed by atoms with Gasteiger partial charge in [-0.05, 0) is 61.4 Å². The Kier molecular flexibility index (Phi) is 3.73. The largest absolute Gasteiger partial charge is 0.439 e. The maximum absolute atomic E-state index is 6.01. The zero-order valence-electron chi connectivity index (χ0n) is 13.9. The third-order valence-corrected chi connectivity index (χ3v) is 5.39. The Balaban J connectivity index is 1.73. The predicted molar refractivity (Wildman–Crippen MR) is 107 cm³/mol. The summed E-state index contributed by atoms with van der Waals surface area (Å²) in [6.45, 7) is 0. The van der Waals surface area contributed by atoms with Crippen LogP contribution in [0.25, 0.3) is 22.5 Å². The van der Waals surface area contributed by atoms with Crippen LogP contribution in [-0.2, 0) is 0 Å². The minimum Gasteiger partial charge on any atom is -0.439 e. The monoisotopic (exact) mass is 354 g/mol. The summed E-state index contributed by atoms with van der Waals surface area (Å²) in [4.78, 5) is 9.45. The first-order valence-electron chi connectivity index (χ1n) is 8.43. The van der Waals surface area contributed by atoms with E-state index in [1.54, 1.807) is 0 Å². The predicted octanol–water partition coefficient (Wildman–Crippen LogP) is 4.55. The molecule has 3 nitrogen and oxygen atoms in total. The lowest BCUT2D eigenvalue weighted by molar-refractivity contribution is 0.464. The molecule has 2 aromatic carbocycles. The van der Waals surface area contributed by atoms with Gasteiger partial charge in [0.25, 0.3) is 0 Å². The molecule has 26 heavy (non-hydrogen) atoms. The molecule has 1 aliphatic heterocycles. The van der Waals surface area contributed by atoms with Crippen molar-refractivity contribution >= 4 is 19.3 Å². The topological polar surface area (TPSA) is 35.0 Å². The summed E-state index contributed by atoms with van der Waals surface area (Å²) in [5.41, 5.74) is 5.04. The SMILES string of the molecule is c1cc2cc(c1)-c1cccc(c1)Pc1cccc(n1)-c1cccc(n1)O2. The van der Waals surface area contributed by atoms with Gasteiger partial charge in [-0.3, -0.25) is 0 Å². The van der Waals surface area contributed by atoms with E-state index < -0.39 is 0 Å². The molecule has 0 saturated heterocycles. The molecule has 1 unspecified atom stereocenters. The Hall–Kier alpha value is -3.03. The van der Waals surface area contributed by atoms with E-state index in [-0.39, 0.29) is 0 Å². The zero-order valence-corrected chi connectivity index (χ0v) is 14.9. The van der Waals surface area contributed by atoms with E-state index in [4.69, 9.17) is 9.72 Å². The molecule has 4 heteroatoms. The van der Waals surface area contributed by atoms with Gasteiger partial charge in [0.2, 0.25) is 5.88 Å². The van der Waals surface area contributed by atoms with Crippen molar-refractivity contribution in [2.75, 3.05) is 0 Å². The lowest BCUT2D eigenvalue weighted by atomic mass is 10.1. The molecule has 4 aromatic rings. The van der Waals surface area contributed by atoms with Crippen LogP contribution in [0.3, 0.4) is 0 Å². The highest BCUT2D eigenvalue weighted by molar-refractivity contribution is 7.55. The van der Waals surface area contributed by atoms with Gasteiger partial charge < -0.3 is 4.74 Å². The van der Waals surface area contributed by atoms with Crippen molar-refractivity contribution < 1.29 is 4.74 Å². The number of pyridine rings is 2. The van der Waals surface area contributed by atoms with Gasteiger partial charge in [0, 0.05) is 6.07 Å². The molecule has 0 N–H and O–H groups in total. The van der Waals surface area contributed by atoms with E-state index >= 15 is 0 Å². The third-order valence-electron chi connectivity index (χ3n) is 4.26. The van der Waals surface area contributed by atoms with Crippen LogP contribution in [0.4, 0.5) is 0 Å². The van der Waals surface area contributed by atoms with Crippen molar-refractivity contribution in [3.8, 4) is 34.1 Å². The van der Waals surface area contributed by atoms with Crippen LogP contribution >= 0.6 is 8.58 Å². The van der Waals surface area contributed by atoms with Gasteiger partial charge in [-0.25, -0.2) is 9.97 Å². The number of aromatic nitrogens is 2. The summed E-state index contributed by atoms with van der Waals surface area (Å²) in [7, 11) is 0.501. The Morgan fingerprint density at radius 2 is 1.38 bits per heavy atom. The van der Waals surface area contributed by atoms with Gasteiger partial charge in [-0.15, -0.1) is 0 Å². The zero-order chi connectivity index (χ0) is 17.3. The molecule has 0 amide bonds. The molecule has 8 bridgehead atoms. The average molecular weight is 354 g/mol. The van der Waals surface area contributed by atoms with Crippen LogP contribution in [-0.4, -0.2) is 9.97 Å². The fourth-order valence-electron chi connectivity index (χ4n) is 3.05. The minimum absolute atomic E-state index is 0.501. The summed E-state index contributed by atoms with van der Waals surface area (Å²) in [5, 5.41) is 1.26. The third kappa shape index (κ3) is 2.98. The van der Waals surface area contributed by atoms with E-state index in [0.717, 1.165) is 28.1 Å². The first-order chi connectivity index (χ1) is 12.8. The molecule has 3 heterocycles. The summed E-state index contributed by atoms with van der Waals surface area (Å²) in [6.07, 6.45) is 0. The van der Waals surface area contributed by atoms with Crippen molar-refractivity contribution in [2.24, 2.45) is 0 Å². The molecule has 124 valence electrons. The molecule has 0 spiro atoms. The smallest absolute Gasteiger partial charge is 0.219 e. The van der Waals surface area contributed by atoms with Gasteiger partial charge >= 0.3 is 0 Å². The Bertz CT molecular complexity index is 934. The van der Waals surface area contributed by atoms with Crippen LogP contribution in [0.15, 0.2) is 84.9 Å². The second-order valence-electron chi connectivity index (χ2n) is 6.10. The number of hydrogen-bond acceptors (Lipinski definition) is 3. The normalized spacial score (nSPS) is 12.9. The van der Waals surface area contributed by atoms with Gasteiger partial charge in [-0.2, -0.15) is 0 Å². The Labute approximate surface area is 153 Å². The van der Waals surface area contributed by atoms with Crippen molar-refractivity contribution in [3.05, 3.63) is 84.9 Å². The molecule has 1 aliphatic rings. The Morgan fingerprint density at radius 1 is 0.654 bits per heavy atom. The van der Waals surface area contributed by atoms with Crippen LogP contribution in [0.2, 0.25) is 0 Å². The van der Waals surface area contributed by atoms with Crippen LogP contribution < -0.4 is 15.5 Å². The molecule has 5 rings (SSSR count). The number of hydrogen-bond donors (Lipinski definition) is 0. The van der Waals surface area contributed by atoms with Gasteiger partial charge in [0.15, 0.2) is 0 Å². The first kappa shape index (κ1) is 15.2. The van der Waals surface area contributed by atoms with Crippen LogP contribution in [0, 0.1) is 0 Å². The van der Waals surface area contributed by atoms with E-state index in [9.17, 15) is 0 Å². The minimum atomic E-state index is 0.501. The molecular formula is C22H15N2OP. The van der Waals surface area contributed by atoms with E-state index in [1.165, 1.54) is 10.9 Å². The lowest BCUT2D eigenvalue weighted by Crippen LogP contribution is -2.08. The van der Waals surface area contributed by atoms with E-state index in [0.29, 0.717) is 14.5 Å². The number of benzene rings is 2. The maximum Gasteiger partial charge on any atom is 0.219 e. The highest BCUT2D eigenvalue weighted by Gasteiger charge is 2.09. The lowest BCUT2D eigenvalue weighted by Gasteiger charge is -2.11. The fraction of sp³-hybridized carbons (Fsp3) is 0. The average Bonchev–Trinajstić information content (AvgIpc) is 2.68. The number of rotatable bonds is 0. The summed E-state index contributed by atoms with van der Waals surface area (Å²) < 4.78 is 6.01.